The molecule has 1 N–H and O–H groups in total. The Hall–Kier alpha value is -3.48. The lowest BCUT2D eigenvalue weighted by Gasteiger charge is -2.30. The van der Waals surface area contributed by atoms with Crippen LogP contribution in [0.1, 0.15) is 35.1 Å². The number of aromatic nitrogens is 3. The summed E-state index contributed by atoms with van der Waals surface area (Å²) in [5.74, 6) is 0.851. The van der Waals surface area contributed by atoms with Gasteiger partial charge in [-0.1, -0.05) is 23.4 Å². The van der Waals surface area contributed by atoms with Crippen LogP contribution in [0.25, 0.3) is 22.3 Å². The summed E-state index contributed by atoms with van der Waals surface area (Å²) in [6, 6.07) is 15.8. The van der Waals surface area contributed by atoms with Gasteiger partial charge in [0.25, 0.3) is 5.91 Å². The van der Waals surface area contributed by atoms with Crippen molar-refractivity contribution < 1.29 is 13.7 Å². The highest BCUT2D eigenvalue weighted by Crippen LogP contribution is 2.29. The van der Waals surface area contributed by atoms with E-state index in [0.717, 1.165) is 23.7 Å². The number of carbonyl (C=O) groups is 1. The van der Waals surface area contributed by atoms with Crippen molar-refractivity contribution in [3.05, 3.63) is 72.0 Å². The minimum atomic E-state index is -0.301. The van der Waals surface area contributed by atoms with Gasteiger partial charge in [-0.25, -0.2) is 4.39 Å². The van der Waals surface area contributed by atoms with Crippen LogP contribution in [0.2, 0.25) is 0 Å². The Balaban J connectivity index is 1.25. The van der Waals surface area contributed by atoms with E-state index in [0.29, 0.717) is 36.1 Å². The van der Waals surface area contributed by atoms with Gasteiger partial charge in [0.2, 0.25) is 11.7 Å². The monoisotopic (exact) mass is 390 g/mol. The van der Waals surface area contributed by atoms with E-state index in [1.165, 1.54) is 12.1 Å². The summed E-state index contributed by atoms with van der Waals surface area (Å²) in [4.78, 5) is 22.4. The molecule has 1 aliphatic rings. The van der Waals surface area contributed by atoms with Gasteiger partial charge in [-0.2, -0.15) is 4.98 Å². The number of carbonyl (C=O) groups excluding carboxylic acids is 1. The van der Waals surface area contributed by atoms with E-state index in [1.54, 1.807) is 12.1 Å². The van der Waals surface area contributed by atoms with Crippen molar-refractivity contribution in [3.8, 4) is 11.4 Å². The van der Waals surface area contributed by atoms with Crippen LogP contribution in [-0.2, 0) is 0 Å². The number of nitrogens with one attached hydrogen (secondary N) is 1. The summed E-state index contributed by atoms with van der Waals surface area (Å²) in [5.41, 5.74) is 2.29. The molecular formula is C22H19FN4O2. The molecule has 0 aliphatic carbocycles. The van der Waals surface area contributed by atoms with Gasteiger partial charge in [0.1, 0.15) is 11.5 Å². The lowest BCUT2D eigenvalue weighted by Crippen LogP contribution is -2.38. The Bertz CT molecular complexity index is 1120. The molecule has 29 heavy (non-hydrogen) atoms. The minimum Gasteiger partial charge on any atom is -0.351 e. The van der Waals surface area contributed by atoms with Crippen molar-refractivity contribution >= 4 is 16.8 Å². The molecule has 0 radical (unpaired) electrons. The molecule has 0 saturated carbocycles. The van der Waals surface area contributed by atoms with Crippen LogP contribution in [0.4, 0.5) is 4.39 Å². The standard InChI is InChI=1S/C22H19FN4O2/c23-17-7-5-14(6-8-17)20-25-21(29-26-20)15-9-11-27(12-10-15)22(28)19-13-16-3-1-2-4-18(16)24-19/h1-8,13,15,24H,9-12H2. The molecule has 0 spiro atoms. The van der Waals surface area contributed by atoms with Crippen LogP contribution in [0.3, 0.4) is 0 Å². The zero-order valence-corrected chi connectivity index (χ0v) is 15.6. The molecular weight excluding hydrogens is 371 g/mol. The first-order chi connectivity index (χ1) is 14.2. The molecule has 3 heterocycles. The number of hydrogen-bond acceptors (Lipinski definition) is 4. The van der Waals surface area contributed by atoms with E-state index >= 15 is 0 Å². The van der Waals surface area contributed by atoms with E-state index in [9.17, 15) is 9.18 Å². The molecule has 6 nitrogen and oxygen atoms in total. The van der Waals surface area contributed by atoms with Crippen LogP contribution < -0.4 is 0 Å². The van der Waals surface area contributed by atoms with Gasteiger partial charge in [-0.3, -0.25) is 4.79 Å². The maximum atomic E-state index is 13.1. The third-order valence-electron chi connectivity index (χ3n) is 5.44. The number of likely N-dealkylation sites (tertiary alicyclic amines) is 1. The van der Waals surface area contributed by atoms with Crippen molar-refractivity contribution in [2.45, 2.75) is 18.8 Å². The summed E-state index contributed by atoms with van der Waals surface area (Å²) in [6.07, 6.45) is 1.52. The quantitative estimate of drug-likeness (QED) is 0.563. The number of hydrogen-bond donors (Lipinski definition) is 1. The largest absolute Gasteiger partial charge is 0.351 e. The van der Waals surface area contributed by atoms with Crippen LogP contribution in [-0.4, -0.2) is 39.0 Å². The maximum Gasteiger partial charge on any atom is 0.270 e. The number of rotatable bonds is 3. The second kappa shape index (κ2) is 7.16. The van der Waals surface area contributed by atoms with Gasteiger partial charge in [0.15, 0.2) is 0 Å². The molecule has 1 amide bonds. The molecule has 5 rings (SSSR count). The highest BCUT2D eigenvalue weighted by atomic mass is 19.1. The Morgan fingerprint density at radius 2 is 1.86 bits per heavy atom. The van der Waals surface area contributed by atoms with E-state index in [-0.39, 0.29) is 17.6 Å². The average molecular weight is 390 g/mol. The molecule has 2 aromatic heterocycles. The van der Waals surface area contributed by atoms with Crippen molar-refractivity contribution in [1.29, 1.82) is 0 Å². The Labute approximate surface area is 166 Å². The fraction of sp³-hybridized carbons (Fsp3) is 0.227. The van der Waals surface area contributed by atoms with Gasteiger partial charge in [0, 0.05) is 35.5 Å². The first-order valence-electron chi connectivity index (χ1n) is 9.64. The SMILES string of the molecule is O=C(c1cc2ccccc2[nH]1)N1CCC(c2nc(-c3ccc(F)cc3)no2)CC1. The minimum absolute atomic E-state index is 0.0113. The number of benzene rings is 2. The molecule has 2 aromatic carbocycles. The molecule has 1 aliphatic heterocycles. The van der Waals surface area contributed by atoms with E-state index in [2.05, 4.69) is 15.1 Å². The number of piperidine rings is 1. The van der Waals surface area contributed by atoms with E-state index in [4.69, 9.17) is 4.52 Å². The van der Waals surface area contributed by atoms with Gasteiger partial charge >= 0.3 is 0 Å². The van der Waals surface area contributed by atoms with Crippen molar-refractivity contribution in [2.24, 2.45) is 0 Å². The molecule has 0 bridgehead atoms. The van der Waals surface area contributed by atoms with Gasteiger partial charge < -0.3 is 14.4 Å². The first-order valence-corrected chi connectivity index (χ1v) is 9.64. The van der Waals surface area contributed by atoms with Crippen molar-refractivity contribution in [2.75, 3.05) is 13.1 Å². The van der Waals surface area contributed by atoms with Gasteiger partial charge in [-0.15, -0.1) is 0 Å². The van der Waals surface area contributed by atoms with Crippen molar-refractivity contribution in [3.63, 3.8) is 0 Å². The summed E-state index contributed by atoms with van der Waals surface area (Å²) < 4.78 is 18.5. The smallest absolute Gasteiger partial charge is 0.270 e. The second-order valence-corrected chi connectivity index (χ2v) is 7.30. The lowest BCUT2D eigenvalue weighted by molar-refractivity contribution is 0.0699. The molecule has 1 saturated heterocycles. The van der Waals surface area contributed by atoms with Crippen LogP contribution >= 0.6 is 0 Å². The normalized spacial score (nSPS) is 15.1. The zero-order chi connectivity index (χ0) is 19.8. The van der Waals surface area contributed by atoms with Crippen molar-refractivity contribution in [1.82, 2.24) is 20.0 Å². The summed E-state index contributed by atoms with van der Waals surface area (Å²) >= 11 is 0. The summed E-state index contributed by atoms with van der Waals surface area (Å²) in [5, 5.41) is 5.06. The average Bonchev–Trinajstić information content (AvgIpc) is 3.41. The fourth-order valence-electron chi connectivity index (χ4n) is 3.81. The molecule has 1 fully saturated rings. The number of H-pyrrole nitrogens is 1. The number of aromatic amines is 1. The third-order valence-corrected chi connectivity index (χ3v) is 5.44. The highest BCUT2D eigenvalue weighted by Gasteiger charge is 2.28. The Kier molecular flexibility index (Phi) is 4.35. The molecule has 7 heteroatoms. The molecule has 146 valence electrons. The zero-order valence-electron chi connectivity index (χ0n) is 15.6. The fourth-order valence-corrected chi connectivity index (χ4v) is 3.81. The predicted molar refractivity (Wildman–Crippen MR) is 106 cm³/mol. The summed E-state index contributed by atoms with van der Waals surface area (Å²) in [6.45, 7) is 1.26. The molecule has 4 aromatic rings. The number of halogens is 1. The number of nitrogens with zero attached hydrogens (tertiary/aromatic N) is 3. The second-order valence-electron chi connectivity index (χ2n) is 7.30. The topological polar surface area (TPSA) is 75.0 Å². The summed E-state index contributed by atoms with van der Waals surface area (Å²) in [7, 11) is 0. The van der Waals surface area contributed by atoms with Crippen LogP contribution in [0, 0.1) is 5.82 Å². The number of para-hydroxylation sites is 1. The maximum absolute atomic E-state index is 13.1. The number of fused-ring (bicyclic) bond motifs is 1. The Morgan fingerprint density at radius 3 is 2.62 bits per heavy atom. The highest BCUT2D eigenvalue weighted by molar-refractivity contribution is 5.98. The third kappa shape index (κ3) is 3.40. The number of amides is 1. The predicted octanol–water partition coefficient (Wildman–Crippen LogP) is 4.38. The van der Waals surface area contributed by atoms with Gasteiger partial charge in [0.05, 0.1) is 0 Å². The van der Waals surface area contributed by atoms with Crippen LogP contribution in [0.15, 0.2) is 59.1 Å². The Morgan fingerprint density at radius 1 is 1.10 bits per heavy atom. The molecule has 0 unspecified atom stereocenters. The van der Waals surface area contributed by atoms with Gasteiger partial charge in [-0.05, 0) is 49.2 Å². The molecule has 0 atom stereocenters. The van der Waals surface area contributed by atoms with E-state index < -0.39 is 0 Å². The first kappa shape index (κ1) is 17.6. The van der Waals surface area contributed by atoms with E-state index in [1.807, 2.05) is 35.2 Å². The lowest BCUT2D eigenvalue weighted by atomic mass is 9.96. The van der Waals surface area contributed by atoms with Crippen LogP contribution in [0.5, 0.6) is 0 Å².